The van der Waals surface area contributed by atoms with Gasteiger partial charge in [0, 0.05) is 6.54 Å². The average Bonchev–Trinajstić information content (AvgIpc) is 3.04. The lowest BCUT2D eigenvalue weighted by molar-refractivity contribution is 0.128. The Morgan fingerprint density at radius 2 is 1.92 bits per heavy atom. The number of carbonyl (C=O) groups excluding carboxylic acids is 1. The van der Waals surface area contributed by atoms with Crippen LogP contribution in [0.15, 0.2) is 53.1 Å². The maximum Gasteiger partial charge on any atom is 0.315 e. The van der Waals surface area contributed by atoms with Crippen molar-refractivity contribution in [1.29, 1.82) is 0 Å². The fourth-order valence-electron chi connectivity index (χ4n) is 2.79. The van der Waals surface area contributed by atoms with Gasteiger partial charge in [-0.1, -0.05) is 44.2 Å². The van der Waals surface area contributed by atoms with E-state index in [0.29, 0.717) is 18.7 Å². The van der Waals surface area contributed by atoms with Gasteiger partial charge in [-0.15, -0.1) is 0 Å². The first kappa shape index (κ1) is 18.1. The van der Waals surface area contributed by atoms with Crippen LogP contribution < -0.4 is 10.6 Å². The van der Waals surface area contributed by atoms with E-state index in [9.17, 15) is 9.90 Å². The third-order valence-corrected chi connectivity index (χ3v) is 3.81. The second-order valence-electron chi connectivity index (χ2n) is 6.90. The molecular formula is C19H26N2O3. The molecule has 0 aliphatic heterocycles. The molecule has 1 aromatic heterocycles. The van der Waals surface area contributed by atoms with Crippen LogP contribution in [0.25, 0.3) is 0 Å². The number of aliphatic hydroxyl groups excluding tert-OH is 1. The van der Waals surface area contributed by atoms with E-state index < -0.39 is 6.10 Å². The molecule has 0 bridgehead atoms. The molecule has 2 unspecified atom stereocenters. The molecule has 1 heterocycles. The Morgan fingerprint density at radius 1 is 1.21 bits per heavy atom. The first-order valence-corrected chi connectivity index (χ1v) is 8.18. The van der Waals surface area contributed by atoms with E-state index in [2.05, 4.69) is 10.6 Å². The molecule has 2 atom stereocenters. The Bertz CT molecular complexity index is 621. The third-order valence-electron chi connectivity index (χ3n) is 3.81. The van der Waals surface area contributed by atoms with E-state index >= 15 is 0 Å². The van der Waals surface area contributed by atoms with Gasteiger partial charge in [0.2, 0.25) is 0 Å². The van der Waals surface area contributed by atoms with Crippen LogP contribution in [0.3, 0.4) is 0 Å². The van der Waals surface area contributed by atoms with Crippen LogP contribution in [0, 0.1) is 5.41 Å². The first-order valence-electron chi connectivity index (χ1n) is 8.18. The van der Waals surface area contributed by atoms with Crippen LogP contribution in [0.5, 0.6) is 0 Å². The summed E-state index contributed by atoms with van der Waals surface area (Å²) in [6, 6.07) is 12.7. The molecule has 2 amide bonds. The number of hydrogen-bond acceptors (Lipinski definition) is 3. The maximum absolute atomic E-state index is 12.3. The van der Waals surface area contributed by atoms with Gasteiger partial charge < -0.3 is 20.2 Å². The molecule has 130 valence electrons. The van der Waals surface area contributed by atoms with Gasteiger partial charge >= 0.3 is 6.03 Å². The number of benzene rings is 1. The fourth-order valence-corrected chi connectivity index (χ4v) is 2.79. The molecule has 5 heteroatoms. The lowest BCUT2D eigenvalue weighted by atomic mass is 9.87. The first-order chi connectivity index (χ1) is 11.4. The Kier molecular flexibility index (Phi) is 6.04. The van der Waals surface area contributed by atoms with Gasteiger partial charge in [0.15, 0.2) is 0 Å². The molecule has 0 saturated carbocycles. The molecule has 2 rings (SSSR count). The summed E-state index contributed by atoms with van der Waals surface area (Å²) in [5, 5.41) is 15.4. The fraction of sp³-hybridized carbons (Fsp3) is 0.421. The quantitative estimate of drug-likeness (QED) is 0.728. The van der Waals surface area contributed by atoms with Crippen molar-refractivity contribution >= 4 is 6.03 Å². The molecule has 24 heavy (non-hydrogen) atoms. The van der Waals surface area contributed by atoms with Crippen molar-refractivity contribution in [2.24, 2.45) is 5.41 Å². The van der Waals surface area contributed by atoms with Gasteiger partial charge in [0.05, 0.1) is 12.4 Å². The summed E-state index contributed by atoms with van der Waals surface area (Å²) in [7, 11) is 0. The predicted octanol–water partition coefficient (Wildman–Crippen LogP) is 3.47. The average molecular weight is 330 g/mol. The highest BCUT2D eigenvalue weighted by molar-refractivity contribution is 5.75. The van der Waals surface area contributed by atoms with Crippen molar-refractivity contribution in [1.82, 2.24) is 10.6 Å². The largest absolute Gasteiger partial charge is 0.467 e. The normalized spacial score (nSPS) is 14.0. The Morgan fingerprint density at radius 3 is 2.50 bits per heavy atom. The maximum atomic E-state index is 12.3. The Labute approximate surface area is 143 Å². The highest BCUT2D eigenvalue weighted by Crippen LogP contribution is 2.23. The molecule has 0 aliphatic carbocycles. The highest BCUT2D eigenvalue weighted by atomic mass is 16.3. The van der Waals surface area contributed by atoms with Crippen molar-refractivity contribution in [3.8, 4) is 0 Å². The van der Waals surface area contributed by atoms with Crippen LogP contribution >= 0.6 is 0 Å². The summed E-state index contributed by atoms with van der Waals surface area (Å²) in [5.74, 6) is 0.680. The van der Waals surface area contributed by atoms with E-state index in [0.717, 1.165) is 5.56 Å². The highest BCUT2D eigenvalue weighted by Gasteiger charge is 2.23. The number of nitrogens with one attached hydrogen (secondary N) is 2. The van der Waals surface area contributed by atoms with Crippen molar-refractivity contribution in [2.45, 2.75) is 39.3 Å². The van der Waals surface area contributed by atoms with Gasteiger partial charge in [-0.05, 0) is 36.5 Å². The van der Waals surface area contributed by atoms with Crippen molar-refractivity contribution in [2.75, 3.05) is 6.54 Å². The zero-order chi connectivity index (χ0) is 17.6. The Hall–Kier alpha value is -2.27. The summed E-state index contributed by atoms with van der Waals surface area (Å²) in [4.78, 5) is 12.3. The molecule has 0 radical (unpaired) electrons. The van der Waals surface area contributed by atoms with E-state index in [1.807, 2.05) is 50.2 Å². The molecule has 2 aromatic rings. The third kappa shape index (κ3) is 5.42. The summed E-state index contributed by atoms with van der Waals surface area (Å²) in [6.07, 6.45) is 1.81. The van der Waals surface area contributed by atoms with Crippen molar-refractivity contribution in [3.05, 3.63) is 60.1 Å². The van der Waals surface area contributed by atoms with Gasteiger partial charge in [-0.2, -0.15) is 0 Å². The summed E-state index contributed by atoms with van der Waals surface area (Å²) in [6.45, 7) is 6.26. The molecule has 5 nitrogen and oxygen atoms in total. The molecule has 0 spiro atoms. The molecule has 0 aliphatic rings. The zero-order valence-electron chi connectivity index (χ0n) is 14.5. The van der Waals surface area contributed by atoms with Crippen LogP contribution in [0.4, 0.5) is 4.79 Å². The monoisotopic (exact) mass is 330 g/mol. The summed E-state index contributed by atoms with van der Waals surface area (Å²) in [5.41, 5.74) is 0.768. The standard InChI is InChI=1S/C19H26N2O3/c1-14(22)12-19(2,3)13-20-18(23)21-17(16-10-7-11-24-16)15-8-5-4-6-9-15/h4-11,14,17,22H,12-13H2,1-3H3,(H2,20,21,23). The number of amides is 2. The summed E-state index contributed by atoms with van der Waals surface area (Å²) >= 11 is 0. The van der Waals surface area contributed by atoms with Gasteiger partial charge in [0.25, 0.3) is 0 Å². The summed E-state index contributed by atoms with van der Waals surface area (Å²) < 4.78 is 5.47. The van der Waals surface area contributed by atoms with Crippen LogP contribution in [0.2, 0.25) is 0 Å². The molecule has 3 N–H and O–H groups in total. The van der Waals surface area contributed by atoms with Crippen LogP contribution in [-0.2, 0) is 0 Å². The van der Waals surface area contributed by atoms with Gasteiger partial charge in [0.1, 0.15) is 11.8 Å². The minimum absolute atomic E-state index is 0.182. The second kappa shape index (κ2) is 8.02. The number of rotatable bonds is 7. The smallest absolute Gasteiger partial charge is 0.315 e. The van der Waals surface area contributed by atoms with E-state index in [1.54, 1.807) is 19.3 Å². The van der Waals surface area contributed by atoms with Crippen molar-refractivity contribution in [3.63, 3.8) is 0 Å². The van der Waals surface area contributed by atoms with Crippen molar-refractivity contribution < 1.29 is 14.3 Å². The molecule has 1 aromatic carbocycles. The number of furan rings is 1. The lowest BCUT2D eigenvalue weighted by Crippen LogP contribution is -2.43. The topological polar surface area (TPSA) is 74.5 Å². The van der Waals surface area contributed by atoms with E-state index in [-0.39, 0.29) is 17.5 Å². The van der Waals surface area contributed by atoms with E-state index in [4.69, 9.17) is 4.42 Å². The molecule has 0 saturated heterocycles. The number of hydrogen-bond donors (Lipinski definition) is 3. The van der Waals surface area contributed by atoms with E-state index in [1.165, 1.54) is 0 Å². The van der Waals surface area contributed by atoms with Gasteiger partial charge in [-0.3, -0.25) is 0 Å². The molecular weight excluding hydrogens is 304 g/mol. The number of carbonyl (C=O) groups is 1. The number of urea groups is 1. The van der Waals surface area contributed by atoms with Gasteiger partial charge in [-0.25, -0.2) is 4.79 Å². The van der Waals surface area contributed by atoms with Crippen LogP contribution in [0.1, 0.15) is 44.6 Å². The lowest BCUT2D eigenvalue weighted by Gasteiger charge is -2.27. The van der Waals surface area contributed by atoms with Crippen LogP contribution in [-0.4, -0.2) is 23.8 Å². The predicted molar refractivity (Wildman–Crippen MR) is 93.6 cm³/mol. The zero-order valence-corrected chi connectivity index (χ0v) is 14.5. The Balaban J connectivity index is 2.01. The second-order valence-corrected chi connectivity index (χ2v) is 6.90. The SMILES string of the molecule is CC(O)CC(C)(C)CNC(=O)NC(c1ccccc1)c1ccco1. The number of aliphatic hydroxyl groups is 1. The minimum Gasteiger partial charge on any atom is -0.467 e. The molecule has 0 fully saturated rings. The minimum atomic E-state index is -0.398.